The minimum Gasteiger partial charge on any atom is -0.324 e. The minimum absolute atomic E-state index is 0.728. The number of para-hydroxylation sites is 1. The third-order valence-electron chi connectivity index (χ3n) is 4.01. The summed E-state index contributed by atoms with van der Waals surface area (Å²) in [6.45, 7) is 3.12. The smallest absolute Gasteiger partial charge is 0.211 e. The van der Waals surface area contributed by atoms with E-state index in [1.54, 1.807) is 11.8 Å². The SMILES string of the molecule is CCCn1c2ccccc2c2nnc(SCc3ccccc3)nc21. The van der Waals surface area contributed by atoms with Crippen molar-refractivity contribution in [3.63, 3.8) is 0 Å². The fraction of sp³-hybridized carbons (Fsp3) is 0.211. The van der Waals surface area contributed by atoms with Crippen LogP contribution in [0.2, 0.25) is 0 Å². The summed E-state index contributed by atoms with van der Waals surface area (Å²) in [5.41, 5.74) is 4.27. The normalized spacial score (nSPS) is 11.4. The number of thioether (sulfide) groups is 1. The van der Waals surface area contributed by atoms with Crippen LogP contribution in [0.25, 0.3) is 22.1 Å². The summed E-state index contributed by atoms with van der Waals surface area (Å²) in [5.74, 6) is 0.849. The Kier molecular flexibility index (Phi) is 4.17. The van der Waals surface area contributed by atoms with Crippen LogP contribution in [-0.4, -0.2) is 19.7 Å². The van der Waals surface area contributed by atoms with Crippen molar-refractivity contribution in [2.24, 2.45) is 0 Å². The second-order valence-electron chi connectivity index (χ2n) is 5.71. The Hall–Kier alpha value is -2.40. The van der Waals surface area contributed by atoms with Gasteiger partial charge in [-0.3, -0.25) is 0 Å². The van der Waals surface area contributed by atoms with E-state index in [2.05, 4.69) is 64.2 Å². The van der Waals surface area contributed by atoms with Gasteiger partial charge in [0.25, 0.3) is 0 Å². The molecule has 0 spiro atoms. The molecule has 2 aromatic heterocycles. The van der Waals surface area contributed by atoms with Gasteiger partial charge >= 0.3 is 0 Å². The Balaban J connectivity index is 1.74. The first-order valence-corrected chi connectivity index (χ1v) is 9.13. The highest BCUT2D eigenvalue weighted by Gasteiger charge is 2.14. The highest BCUT2D eigenvalue weighted by atomic mass is 32.2. The van der Waals surface area contributed by atoms with E-state index in [-0.39, 0.29) is 0 Å². The van der Waals surface area contributed by atoms with Crippen molar-refractivity contribution in [2.45, 2.75) is 30.8 Å². The zero-order chi connectivity index (χ0) is 16.4. The van der Waals surface area contributed by atoms with Gasteiger partial charge in [0.05, 0.1) is 5.52 Å². The Morgan fingerprint density at radius 3 is 2.58 bits per heavy atom. The van der Waals surface area contributed by atoms with Crippen molar-refractivity contribution in [2.75, 3.05) is 0 Å². The molecule has 2 heterocycles. The third kappa shape index (κ3) is 2.76. The minimum atomic E-state index is 0.728. The summed E-state index contributed by atoms with van der Waals surface area (Å²) in [6.07, 6.45) is 1.06. The molecular weight excluding hydrogens is 316 g/mol. The van der Waals surface area contributed by atoms with E-state index in [4.69, 9.17) is 4.98 Å². The van der Waals surface area contributed by atoms with Crippen LogP contribution in [-0.2, 0) is 12.3 Å². The second kappa shape index (κ2) is 6.61. The van der Waals surface area contributed by atoms with Gasteiger partial charge in [0.1, 0.15) is 5.52 Å². The average molecular weight is 334 g/mol. The molecule has 4 nitrogen and oxygen atoms in total. The largest absolute Gasteiger partial charge is 0.324 e. The van der Waals surface area contributed by atoms with Crippen molar-refractivity contribution in [1.82, 2.24) is 19.7 Å². The van der Waals surface area contributed by atoms with E-state index in [1.165, 1.54) is 11.1 Å². The molecule has 0 bridgehead atoms. The van der Waals surface area contributed by atoms with Crippen LogP contribution in [0.3, 0.4) is 0 Å². The monoisotopic (exact) mass is 334 g/mol. The van der Waals surface area contributed by atoms with Crippen LogP contribution in [0.5, 0.6) is 0 Å². The van der Waals surface area contributed by atoms with Crippen LogP contribution in [0, 0.1) is 0 Å². The Morgan fingerprint density at radius 2 is 1.75 bits per heavy atom. The lowest BCUT2D eigenvalue weighted by atomic mass is 10.2. The van der Waals surface area contributed by atoms with Gasteiger partial charge in [-0.1, -0.05) is 67.2 Å². The molecule has 4 rings (SSSR count). The van der Waals surface area contributed by atoms with Gasteiger partial charge < -0.3 is 4.57 Å². The Bertz CT molecular complexity index is 979. The van der Waals surface area contributed by atoms with E-state index < -0.39 is 0 Å². The molecule has 0 saturated carbocycles. The number of hydrogen-bond acceptors (Lipinski definition) is 4. The van der Waals surface area contributed by atoms with Gasteiger partial charge in [-0.05, 0) is 18.1 Å². The van der Waals surface area contributed by atoms with E-state index in [0.717, 1.165) is 40.4 Å². The maximum absolute atomic E-state index is 4.80. The maximum atomic E-state index is 4.80. The first-order chi connectivity index (χ1) is 11.9. The second-order valence-corrected chi connectivity index (χ2v) is 6.65. The first-order valence-electron chi connectivity index (χ1n) is 8.15. The summed E-state index contributed by atoms with van der Waals surface area (Å²) in [4.78, 5) is 4.80. The zero-order valence-corrected chi connectivity index (χ0v) is 14.3. The summed E-state index contributed by atoms with van der Waals surface area (Å²) in [6, 6.07) is 18.7. The molecule has 0 aliphatic heterocycles. The fourth-order valence-electron chi connectivity index (χ4n) is 2.92. The molecule has 0 fully saturated rings. The summed E-state index contributed by atoms with van der Waals surface area (Å²) >= 11 is 1.63. The number of aryl methyl sites for hydroxylation is 1. The van der Waals surface area contributed by atoms with Crippen LogP contribution < -0.4 is 0 Å². The Morgan fingerprint density at radius 1 is 0.958 bits per heavy atom. The highest BCUT2D eigenvalue weighted by molar-refractivity contribution is 7.98. The summed E-state index contributed by atoms with van der Waals surface area (Å²) in [5, 5.41) is 10.7. The molecular formula is C19H18N4S. The summed E-state index contributed by atoms with van der Waals surface area (Å²) < 4.78 is 2.26. The number of fused-ring (bicyclic) bond motifs is 3. The van der Waals surface area contributed by atoms with Gasteiger partial charge in [0.15, 0.2) is 5.65 Å². The third-order valence-corrected chi connectivity index (χ3v) is 4.92. The van der Waals surface area contributed by atoms with Crippen LogP contribution >= 0.6 is 11.8 Å². The number of hydrogen-bond donors (Lipinski definition) is 0. The topological polar surface area (TPSA) is 43.6 Å². The molecule has 0 atom stereocenters. The number of nitrogens with zero attached hydrogens (tertiary/aromatic N) is 4. The van der Waals surface area contributed by atoms with Crippen LogP contribution in [0.1, 0.15) is 18.9 Å². The molecule has 0 N–H and O–H groups in total. The van der Waals surface area contributed by atoms with E-state index in [9.17, 15) is 0 Å². The molecule has 2 aromatic carbocycles. The van der Waals surface area contributed by atoms with E-state index >= 15 is 0 Å². The molecule has 0 aliphatic carbocycles. The van der Waals surface area contributed by atoms with Crippen molar-refractivity contribution in [3.8, 4) is 0 Å². The van der Waals surface area contributed by atoms with E-state index in [1.807, 2.05) is 12.1 Å². The predicted molar refractivity (Wildman–Crippen MR) is 99.1 cm³/mol. The first kappa shape index (κ1) is 15.1. The van der Waals surface area contributed by atoms with Gasteiger partial charge in [-0.15, -0.1) is 10.2 Å². The zero-order valence-electron chi connectivity index (χ0n) is 13.5. The molecule has 4 aromatic rings. The molecule has 5 heteroatoms. The highest BCUT2D eigenvalue weighted by Crippen LogP contribution is 2.28. The lowest BCUT2D eigenvalue weighted by molar-refractivity contribution is 0.709. The van der Waals surface area contributed by atoms with Crippen LogP contribution in [0.15, 0.2) is 59.8 Å². The molecule has 0 unspecified atom stereocenters. The van der Waals surface area contributed by atoms with Crippen molar-refractivity contribution in [1.29, 1.82) is 0 Å². The van der Waals surface area contributed by atoms with Gasteiger partial charge in [0, 0.05) is 17.7 Å². The van der Waals surface area contributed by atoms with Gasteiger partial charge in [-0.25, -0.2) is 4.98 Å². The molecule has 120 valence electrons. The fourth-order valence-corrected chi connectivity index (χ4v) is 3.66. The van der Waals surface area contributed by atoms with Crippen LogP contribution in [0.4, 0.5) is 0 Å². The lowest BCUT2D eigenvalue weighted by Crippen LogP contribution is -2.00. The Labute approximate surface area is 144 Å². The lowest BCUT2D eigenvalue weighted by Gasteiger charge is -2.04. The molecule has 0 amide bonds. The predicted octanol–water partition coefficient (Wildman–Crippen LogP) is 4.68. The molecule has 24 heavy (non-hydrogen) atoms. The number of benzene rings is 2. The van der Waals surface area contributed by atoms with Gasteiger partial charge in [-0.2, -0.15) is 0 Å². The molecule has 0 radical (unpaired) electrons. The molecule has 0 aliphatic rings. The average Bonchev–Trinajstić information content (AvgIpc) is 2.95. The van der Waals surface area contributed by atoms with Crippen molar-refractivity contribution < 1.29 is 0 Å². The quantitative estimate of drug-likeness (QED) is 0.497. The molecule has 0 saturated heterocycles. The number of aromatic nitrogens is 4. The maximum Gasteiger partial charge on any atom is 0.211 e. The standard InChI is InChI=1S/C19H18N4S/c1-2-12-23-16-11-7-6-10-15(16)17-18(23)20-19(22-21-17)24-13-14-8-4-3-5-9-14/h3-11H,2,12-13H2,1H3. The summed E-state index contributed by atoms with van der Waals surface area (Å²) in [7, 11) is 0. The number of rotatable bonds is 5. The van der Waals surface area contributed by atoms with Gasteiger partial charge in [0.2, 0.25) is 5.16 Å². The van der Waals surface area contributed by atoms with Crippen molar-refractivity contribution >= 4 is 33.8 Å². The van der Waals surface area contributed by atoms with Crippen molar-refractivity contribution in [3.05, 3.63) is 60.2 Å². The van der Waals surface area contributed by atoms with E-state index in [0.29, 0.717) is 0 Å².